The van der Waals surface area contributed by atoms with E-state index in [4.69, 9.17) is 5.11 Å². The summed E-state index contributed by atoms with van der Waals surface area (Å²) in [6.45, 7) is 4.06. The molecule has 1 saturated carbocycles. The molecule has 0 aromatic carbocycles. The van der Waals surface area contributed by atoms with Gasteiger partial charge in [0, 0.05) is 6.04 Å². The van der Waals surface area contributed by atoms with Gasteiger partial charge in [0.15, 0.2) is 0 Å². The molecule has 0 unspecified atom stereocenters. The van der Waals surface area contributed by atoms with Gasteiger partial charge in [-0.25, -0.2) is 17.9 Å². The molecule has 1 fully saturated rings. The largest absolute Gasteiger partial charge is 0.480 e. The number of hydrogen-bond donors (Lipinski definition) is 3. The van der Waals surface area contributed by atoms with E-state index in [2.05, 4.69) is 17.0 Å². The first-order valence-electron chi connectivity index (χ1n) is 8.25. The molecule has 23 heavy (non-hydrogen) atoms. The minimum Gasteiger partial charge on any atom is -0.480 e. The van der Waals surface area contributed by atoms with E-state index in [1.165, 1.54) is 0 Å². The SMILES string of the molecule is CCCC[C@H](NC(=O)CS(=O)(=O)NC1CCC(C)CC1)C(=O)O. The molecule has 8 heteroatoms. The highest BCUT2D eigenvalue weighted by molar-refractivity contribution is 7.90. The van der Waals surface area contributed by atoms with Crippen molar-refractivity contribution in [2.75, 3.05) is 5.75 Å². The van der Waals surface area contributed by atoms with Crippen LogP contribution in [0.4, 0.5) is 0 Å². The van der Waals surface area contributed by atoms with Crippen LogP contribution in [0.5, 0.6) is 0 Å². The van der Waals surface area contributed by atoms with Gasteiger partial charge in [0.25, 0.3) is 0 Å². The highest BCUT2D eigenvalue weighted by Gasteiger charge is 2.26. The van der Waals surface area contributed by atoms with Gasteiger partial charge < -0.3 is 10.4 Å². The minimum absolute atomic E-state index is 0.126. The van der Waals surface area contributed by atoms with Crippen LogP contribution in [-0.4, -0.2) is 43.2 Å². The average Bonchev–Trinajstić information content (AvgIpc) is 2.44. The fourth-order valence-corrected chi connectivity index (χ4v) is 4.00. The number of hydrogen-bond acceptors (Lipinski definition) is 4. The number of carbonyl (C=O) groups excluding carboxylic acids is 1. The maximum atomic E-state index is 12.0. The Kier molecular flexibility index (Phi) is 7.98. The second-order valence-electron chi connectivity index (χ2n) is 6.43. The van der Waals surface area contributed by atoms with Crippen molar-refractivity contribution in [3.63, 3.8) is 0 Å². The third-order valence-corrected chi connectivity index (χ3v) is 5.50. The fraction of sp³-hybridized carbons (Fsp3) is 0.867. The van der Waals surface area contributed by atoms with Crippen LogP contribution in [0.1, 0.15) is 58.8 Å². The van der Waals surface area contributed by atoms with Crippen LogP contribution in [0, 0.1) is 5.92 Å². The molecule has 0 saturated heterocycles. The summed E-state index contributed by atoms with van der Waals surface area (Å²) in [6.07, 6.45) is 5.25. The van der Waals surface area contributed by atoms with Gasteiger partial charge in [-0.2, -0.15) is 0 Å². The highest BCUT2D eigenvalue weighted by Crippen LogP contribution is 2.23. The van der Waals surface area contributed by atoms with Gasteiger partial charge >= 0.3 is 5.97 Å². The van der Waals surface area contributed by atoms with Crippen molar-refractivity contribution in [3.05, 3.63) is 0 Å². The molecule has 0 aromatic rings. The standard InChI is InChI=1S/C15H28N2O5S/c1-3-4-5-13(15(19)20)16-14(18)10-23(21,22)17-12-8-6-11(2)7-9-12/h11-13,17H,3-10H2,1-2H3,(H,16,18)(H,19,20)/t11?,12?,13-/m0/s1. The summed E-state index contributed by atoms with van der Waals surface area (Å²) < 4.78 is 26.6. The molecule has 1 aliphatic rings. The Morgan fingerprint density at radius 1 is 1.22 bits per heavy atom. The number of nitrogens with one attached hydrogen (secondary N) is 2. The number of rotatable bonds is 9. The topological polar surface area (TPSA) is 113 Å². The van der Waals surface area contributed by atoms with E-state index >= 15 is 0 Å². The quantitative estimate of drug-likeness (QED) is 0.580. The zero-order chi connectivity index (χ0) is 17.5. The van der Waals surface area contributed by atoms with E-state index in [1.54, 1.807) is 0 Å². The Bertz CT molecular complexity index is 498. The lowest BCUT2D eigenvalue weighted by atomic mass is 9.88. The zero-order valence-corrected chi connectivity index (χ0v) is 14.7. The Hall–Kier alpha value is -1.15. The van der Waals surface area contributed by atoms with Crippen molar-refractivity contribution in [2.45, 2.75) is 70.9 Å². The molecule has 0 radical (unpaired) electrons. The van der Waals surface area contributed by atoms with Gasteiger partial charge in [0.2, 0.25) is 15.9 Å². The fourth-order valence-electron chi connectivity index (χ4n) is 2.75. The Morgan fingerprint density at radius 2 is 1.83 bits per heavy atom. The number of carboxylic acids is 1. The smallest absolute Gasteiger partial charge is 0.326 e. The predicted octanol–water partition coefficient (Wildman–Crippen LogP) is 1.24. The van der Waals surface area contributed by atoms with Crippen LogP contribution < -0.4 is 10.0 Å². The van der Waals surface area contributed by atoms with Crippen LogP contribution >= 0.6 is 0 Å². The van der Waals surface area contributed by atoms with Crippen LogP contribution in [0.15, 0.2) is 0 Å². The zero-order valence-electron chi connectivity index (χ0n) is 13.9. The molecule has 1 atom stereocenters. The summed E-state index contributed by atoms with van der Waals surface area (Å²) in [6, 6.07) is -1.16. The van der Waals surface area contributed by atoms with E-state index in [-0.39, 0.29) is 6.04 Å². The predicted molar refractivity (Wildman–Crippen MR) is 87.4 cm³/mol. The maximum absolute atomic E-state index is 12.0. The van der Waals surface area contributed by atoms with E-state index in [1.807, 2.05) is 6.92 Å². The molecule has 7 nitrogen and oxygen atoms in total. The van der Waals surface area contributed by atoms with Gasteiger partial charge in [-0.05, 0) is 38.0 Å². The summed E-state index contributed by atoms with van der Waals surface area (Å²) in [7, 11) is -3.74. The van der Waals surface area contributed by atoms with Crippen molar-refractivity contribution < 1.29 is 23.1 Å². The van der Waals surface area contributed by atoms with E-state index in [0.717, 1.165) is 32.1 Å². The lowest BCUT2D eigenvalue weighted by Gasteiger charge is -2.26. The van der Waals surface area contributed by atoms with Gasteiger partial charge in [-0.1, -0.05) is 26.7 Å². The molecule has 134 valence electrons. The van der Waals surface area contributed by atoms with Crippen molar-refractivity contribution in [1.82, 2.24) is 10.0 Å². The normalized spacial score (nSPS) is 23.2. The number of aliphatic carboxylic acids is 1. The van der Waals surface area contributed by atoms with Crippen molar-refractivity contribution in [3.8, 4) is 0 Å². The van der Waals surface area contributed by atoms with Gasteiger partial charge in [0.1, 0.15) is 11.8 Å². The lowest BCUT2D eigenvalue weighted by Crippen LogP contribution is -2.46. The third kappa shape index (κ3) is 7.78. The van der Waals surface area contributed by atoms with E-state index < -0.39 is 33.7 Å². The number of amides is 1. The molecule has 0 aliphatic heterocycles. The average molecular weight is 348 g/mol. The van der Waals surface area contributed by atoms with Crippen LogP contribution in [0.2, 0.25) is 0 Å². The molecular formula is C15H28N2O5S. The third-order valence-electron chi connectivity index (χ3n) is 4.16. The first kappa shape index (κ1) is 19.9. The highest BCUT2D eigenvalue weighted by atomic mass is 32.2. The number of carboxylic acid groups (broad SMARTS) is 1. The molecule has 0 heterocycles. The van der Waals surface area contributed by atoms with E-state index in [9.17, 15) is 18.0 Å². The lowest BCUT2D eigenvalue weighted by molar-refractivity contribution is -0.141. The Balaban J connectivity index is 2.48. The van der Waals surface area contributed by atoms with Gasteiger partial charge in [0.05, 0.1) is 0 Å². The van der Waals surface area contributed by atoms with Crippen LogP contribution in [-0.2, 0) is 19.6 Å². The molecule has 0 spiro atoms. The second-order valence-corrected chi connectivity index (χ2v) is 8.19. The van der Waals surface area contributed by atoms with E-state index in [0.29, 0.717) is 18.8 Å². The number of carbonyl (C=O) groups is 2. The summed E-state index contributed by atoms with van der Waals surface area (Å²) in [4.78, 5) is 22.9. The molecule has 0 bridgehead atoms. The Labute approximate surface area is 138 Å². The first-order chi connectivity index (χ1) is 10.7. The van der Waals surface area contributed by atoms with Crippen LogP contribution in [0.3, 0.4) is 0 Å². The van der Waals surface area contributed by atoms with Crippen molar-refractivity contribution >= 4 is 21.9 Å². The van der Waals surface area contributed by atoms with Crippen molar-refractivity contribution in [2.24, 2.45) is 5.92 Å². The molecule has 1 rings (SSSR count). The summed E-state index contributed by atoms with van der Waals surface area (Å²) in [5.41, 5.74) is 0. The number of sulfonamides is 1. The molecular weight excluding hydrogens is 320 g/mol. The van der Waals surface area contributed by atoms with Crippen LogP contribution in [0.25, 0.3) is 0 Å². The molecule has 0 aromatic heterocycles. The summed E-state index contributed by atoms with van der Waals surface area (Å²) in [5, 5.41) is 11.3. The molecule has 3 N–H and O–H groups in total. The monoisotopic (exact) mass is 348 g/mol. The minimum atomic E-state index is -3.74. The molecule has 1 aliphatic carbocycles. The van der Waals surface area contributed by atoms with Gasteiger partial charge in [-0.15, -0.1) is 0 Å². The van der Waals surface area contributed by atoms with Crippen molar-refractivity contribution in [1.29, 1.82) is 0 Å². The second kappa shape index (κ2) is 9.22. The number of unbranched alkanes of at least 4 members (excludes halogenated alkanes) is 1. The molecule has 1 amide bonds. The summed E-state index contributed by atoms with van der Waals surface area (Å²) in [5.74, 6) is -2.04. The first-order valence-corrected chi connectivity index (χ1v) is 9.91. The summed E-state index contributed by atoms with van der Waals surface area (Å²) >= 11 is 0. The van der Waals surface area contributed by atoms with Gasteiger partial charge in [-0.3, -0.25) is 4.79 Å². The maximum Gasteiger partial charge on any atom is 0.326 e. The Morgan fingerprint density at radius 3 is 2.35 bits per heavy atom.